The number of nitrogens with zero attached hydrogens (tertiary/aromatic N) is 3. The Hall–Kier alpha value is -2.01. The first-order valence-corrected chi connectivity index (χ1v) is 4.90. The molecule has 0 spiro atoms. The Balaban J connectivity index is 2.38. The minimum Gasteiger partial charge on any atom is -0.325 e. The molecule has 2 rings (SSSR count). The summed E-state index contributed by atoms with van der Waals surface area (Å²) in [5.41, 5.74) is 7.31. The lowest BCUT2D eigenvalue weighted by Gasteiger charge is -2.02. The highest BCUT2D eigenvalue weighted by Crippen LogP contribution is 2.09. The third-order valence-corrected chi connectivity index (χ3v) is 2.34. The van der Waals surface area contributed by atoms with Crippen molar-refractivity contribution in [2.24, 2.45) is 12.8 Å². The molecule has 0 atom stereocenters. The highest BCUT2D eigenvalue weighted by Gasteiger charge is 2.12. The van der Waals surface area contributed by atoms with E-state index in [2.05, 4.69) is 10.1 Å². The summed E-state index contributed by atoms with van der Waals surface area (Å²) in [6.07, 6.45) is 3.18. The van der Waals surface area contributed by atoms with Crippen molar-refractivity contribution in [3.05, 3.63) is 47.5 Å². The molecule has 0 radical (unpaired) electrons. The van der Waals surface area contributed by atoms with Gasteiger partial charge < -0.3 is 5.73 Å². The standard InChI is InChI=1S/C11H12N4O/c1-15-10(3-5-14-15)11(16)8-2-4-13-9(6-8)7-12/h2-6H,7,12H2,1H3. The van der Waals surface area contributed by atoms with Gasteiger partial charge in [-0.2, -0.15) is 5.10 Å². The van der Waals surface area contributed by atoms with E-state index < -0.39 is 0 Å². The maximum Gasteiger partial charge on any atom is 0.211 e. The molecule has 0 aromatic carbocycles. The van der Waals surface area contributed by atoms with Gasteiger partial charge in [-0.25, -0.2) is 0 Å². The van der Waals surface area contributed by atoms with E-state index in [0.717, 1.165) is 0 Å². The van der Waals surface area contributed by atoms with Crippen LogP contribution in [0.1, 0.15) is 21.7 Å². The summed E-state index contributed by atoms with van der Waals surface area (Å²) in [6.45, 7) is 0.326. The number of rotatable bonds is 3. The molecule has 2 heterocycles. The second-order valence-corrected chi connectivity index (χ2v) is 3.41. The van der Waals surface area contributed by atoms with E-state index in [1.54, 1.807) is 42.3 Å². The molecule has 2 aromatic rings. The molecular weight excluding hydrogens is 204 g/mol. The number of aromatic nitrogens is 3. The summed E-state index contributed by atoms with van der Waals surface area (Å²) >= 11 is 0. The highest BCUT2D eigenvalue weighted by molar-refractivity contribution is 6.07. The summed E-state index contributed by atoms with van der Waals surface area (Å²) in [7, 11) is 1.73. The van der Waals surface area contributed by atoms with E-state index >= 15 is 0 Å². The molecule has 5 heteroatoms. The molecule has 2 aromatic heterocycles. The smallest absolute Gasteiger partial charge is 0.211 e. The zero-order valence-electron chi connectivity index (χ0n) is 8.92. The highest BCUT2D eigenvalue weighted by atomic mass is 16.1. The molecule has 2 N–H and O–H groups in total. The number of ketones is 1. The quantitative estimate of drug-likeness (QED) is 0.758. The number of aryl methyl sites for hydroxylation is 1. The number of carbonyl (C=O) groups excluding carboxylic acids is 1. The van der Waals surface area contributed by atoms with Gasteiger partial charge in [-0.05, 0) is 18.2 Å². The fraction of sp³-hybridized carbons (Fsp3) is 0.182. The van der Waals surface area contributed by atoms with E-state index in [1.165, 1.54) is 0 Å². The average molecular weight is 216 g/mol. The Labute approximate surface area is 92.9 Å². The SMILES string of the molecule is Cn1nccc1C(=O)c1ccnc(CN)c1. The van der Waals surface area contributed by atoms with Gasteiger partial charge in [-0.15, -0.1) is 0 Å². The molecule has 0 unspecified atom stereocenters. The summed E-state index contributed by atoms with van der Waals surface area (Å²) in [4.78, 5) is 16.1. The van der Waals surface area contributed by atoms with Crippen molar-refractivity contribution in [1.29, 1.82) is 0 Å². The topological polar surface area (TPSA) is 73.8 Å². The van der Waals surface area contributed by atoms with Gasteiger partial charge in [-0.3, -0.25) is 14.5 Å². The van der Waals surface area contributed by atoms with Crippen molar-refractivity contribution in [2.45, 2.75) is 6.54 Å². The van der Waals surface area contributed by atoms with Crippen LogP contribution < -0.4 is 5.73 Å². The molecule has 0 saturated carbocycles. The third-order valence-electron chi connectivity index (χ3n) is 2.34. The molecule has 0 aliphatic carbocycles. The van der Waals surface area contributed by atoms with Crippen molar-refractivity contribution < 1.29 is 4.79 Å². The van der Waals surface area contributed by atoms with E-state index in [0.29, 0.717) is 23.5 Å². The van der Waals surface area contributed by atoms with Crippen LogP contribution in [0.2, 0.25) is 0 Å². The zero-order chi connectivity index (χ0) is 11.5. The number of hydrogen-bond donors (Lipinski definition) is 1. The van der Waals surface area contributed by atoms with Gasteiger partial charge >= 0.3 is 0 Å². The normalized spacial score (nSPS) is 10.4. The molecule has 0 bridgehead atoms. The van der Waals surface area contributed by atoms with E-state index in [-0.39, 0.29) is 5.78 Å². The van der Waals surface area contributed by atoms with E-state index in [4.69, 9.17) is 5.73 Å². The Morgan fingerprint density at radius 1 is 1.44 bits per heavy atom. The first kappa shape index (κ1) is 10.5. The average Bonchev–Trinajstić information content (AvgIpc) is 2.74. The lowest BCUT2D eigenvalue weighted by molar-refractivity contribution is 0.103. The molecule has 82 valence electrons. The van der Waals surface area contributed by atoms with E-state index in [9.17, 15) is 4.79 Å². The Morgan fingerprint density at radius 2 is 2.25 bits per heavy atom. The van der Waals surface area contributed by atoms with Crippen LogP contribution in [0.3, 0.4) is 0 Å². The van der Waals surface area contributed by atoms with Gasteiger partial charge in [0, 0.05) is 31.5 Å². The predicted octanol–water partition coefficient (Wildman–Crippen LogP) is 0.505. The van der Waals surface area contributed by atoms with Gasteiger partial charge in [0.15, 0.2) is 0 Å². The largest absolute Gasteiger partial charge is 0.325 e. The van der Waals surface area contributed by atoms with Gasteiger partial charge in [-0.1, -0.05) is 0 Å². The van der Waals surface area contributed by atoms with Crippen LogP contribution >= 0.6 is 0 Å². The molecule has 0 aliphatic rings. The minimum atomic E-state index is -0.0721. The molecule has 16 heavy (non-hydrogen) atoms. The zero-order valence-corrected chi connectivity index (χ0v) is 8.92. The van der Waals surface area contributed by atoms with Crippen molar-refractivity contribution >= 4 is 5.78 Å². The number of carbonyl (C=O) groups is 1. The van der Waals surface area contributed by atoms with Crippen molar-refractivity contribution in [3.63, 3.8) is 0 Å². The number of pyridine rings is 1. The van der Waals surface area contributed by atoms with Gasteiger partial charge in [0.05, 0.1) is 5.69 Å². The van der Waals surface area contributed by atoms with E-state index in [1.807, 2.05) is 0 Å². The fourth-order valence-electron chi connectivity index (χ4n) is 1.48. The molecule has 0 fully saturated rings. The van der Waals surface area contributed by atoms with Crippen LogP contribution in [0.15, 0.2) is 30.6 Å². The first-order valence-electron chi connectivity index (χ1n) is 4.90. The second-order valence-electron chi connectivity index (χ2n) is 3.41. The number of hydrogen-bond acceptors (Lipinski definition) is 4. The van der Waals surface area contributed by atoms with Crippen molar-refractivity contribution in [2.75, 3.05) is 0 Å². The monoisotopic (exact) mass is 216 g/mol. The van der Waals surface area contributed by atoms with Gasteiger partial charge in [0.2, 0.25) is 5.78 Å². The Kier molecular flexibility index (Phi) is 2.78. The molecule has 0 saturated heterocycles. The molecule has 5 nitrogen and oxygen atoms in total. The maximum atomic E-state index is 12.1. The van der Waals surface area contributed by atoms with Crippen molar-refractivity contribution in [1.82, 2.24) is 14.8 Å². The molecule has 0 amide bonds. The van der Waals surface area contributed by atoms with Crippen molar-refractivity contribution in [3.8, 4) is 0 Å². The summed E-state index contributed by atoms with van der Waals surface area (Å²) in [5.74, 6) is -0.0721. The van der Waals surface area contributed by atoms with Crippen LogP contribution in [0, 0.1) is 0 Å². The second kappa shape index (κ2) is 4.24. The summed E-state index contributed by atoms with van der Waals surface area (Å²) in [6, 6.07) is 5.06. The van der Waals surface area contributed by atoms with Crippen LogP contribution in [0.4, 0.5) is 0 Å². The molecule has 0 aliphatic heterocycles. The van der Waals surface area contributed by atoms with Gasteiger partial charge in [0.25, 0.3) is 0 Å². The molecular formula is C11H12N4O. The lowest BCUT2D eigenvalue weighted by Crippen LogP contribution is -2.09. The Morgan fingerprint density at radius 3 is 2.88 bits per heavy atom. The lowest BCUT2D eigenvalue weighted by atomic mass is 10.1. The first-order chi connectivity index (χ1) is 7.72. The van der Waals surface area contributed by atoms with Gasteiger partial charge in [0.1, 0.15) is 5.69 Å². The maximum absolute atomic E-state index is 12.1. The van der Waals surface area contributed by atoms with Crippen LogP contribution in [0.25, 0.3) is 0 Å². The fourth-order valence-corrected chi connectivity index (χ4v) is 1.48. The number of nitrogens with two attached hydrogens (primary N) is 1. The van der Waals surface area contributed by atoms with Crippen LogP contribution in [-0.4, -0.2) is 20.5 Å². The van der Waals surface area contributed by atoms with Crippen LogP contribution in [-0.2, 0) is 13.6 Å². The summed E-state index contributed by atoms with van der Waals surface area (Å²) < 4.78 is 1.55. The minimum absolute atomic E-state index is 0.0721. The predicted molar refractivity (Wildman–Crippen MR) is 58.8 cm³/mol. The Bertz CT molecular complexity index is 518. The summed E-state index contributed by atoms with van der Waals surface area (Å²) in [5, 5.41) is 3.96. The van der Waals surface area contributed by atoms with Crippen LogP contribution in [0.5, 0.6) is 0 Å². The third kappa shape index (κ3) is 1.85.